The molecule has 72 valence electrons. The molecule has 1 heterocycles. The molecule has 0 unspecified atom stereocenters. The molecular weight excluding hydrogens is 223 g/mol. The summed E-state index contributed by atoms with van der Waals surface area (Å²) in [5.74, 6) is 0.0944. The second-order valence-electron chi connectivity index (χ2n) is 2.15. The Hall–Kier alpha value is -0.610. The molecule has 1 rings (SSSR count). The molecule has 0 bridgehead atoms. The van der Waals surface area contributed by atoms with E-state index in [0.717, 1.165) is 6.07 Å². The number of rotatable bonds is 2. The fraction of sp³-hybridized carbons (Fsp3) is 0.286. The fourth-order valence-corrected chi connectivity index (χ4v) is 1.12. The third kappa shape index (κ3) is 2.19. The summed E-state index contributed by atoms with van der Waals surface area (Å²) in [6, 6.07) is 1.05. The maximum atomic E-state index is 12.2. The second-order valence-corrected chi connectivity index (χ2v) is 2.89. The third-order valence-corrected chi connectivity index (χ3v) is 2.08. The molecule has 0 atom stereocenters. The number of halogens is 4. The number of alkyl halides is 2. The van der Waals surface area contributed by atoms with Gasteiger partial charge in [0.25, 0.3) is 6.43 Å². The molecule has 0 saturated carbocycles. The standard InChI is InChI=1S/C7H5Cl2F2NO/c1-13-4-2-3(7(10)11)12-6(9)5(4)8/h2,7H,1H3. The number of pyridine rings is 1. The number of nitrogens with zero attached hydrogens (tertiary/aromatic N) is 1. The van der Waals surface area contributed by atoms with Gasteiger partial charge >= 0.3 is 0 Å². The Labute approximate surface area is 83.4 Å². The topological polar surface area (TPSA) is 22.1 Å². The van der Waals surface area contributed by atoms with Crippen LogP contribution in [-0.2, 0) is 0 Å². The Bertz CT molecular complexity index is 320. The minimum absolute atomic E-state index is 0.0357. The molecule has 0 N–H and O–H groups in total. The van der Waals surface area contributed by atoms with Gasteiger partial charge in [0.2, 0.25) is 0 Å². The SMILES string of the molecule is COc1cc(C(F)F)nc(Cl)c1Cl. The maximum absolute atomic E-state index is 12.2. The summed E-state index contributed by atoms with van der Waals surface area (Å²) in [5.41, 5.74) is -0.453. The summed E-state index contributed by atoms with van der Waals surface area (Å²) < 4.78 is 29.1. The molecule has 0 saturated heterocycles. The number of aromatic nitrogens is 1. The highest BCUT2D eigenvalue weighted by Gasteiger charge is 2.15. The van der Waals surface area contributed by atoms with Crippen LogP contribution < -0.4 is 4.74 Å². The van der Waals surface area contributed by atoms with E-state index in [1.165, 1.54) is 7.11 Å². The first-order valence-corrected chi connectivity index (χ1v) is 4.00. The van der Waals surface area contributed by atoms with Gasteiger partial charge in [0.05, 0.1) is 7.11 Å². The summed E-state index contributed by atoms with van der Waals surface area (Å²) in [6.45, 7) is 0. The van der Waals surface area contributed by atoms with Gasteiger partial charge < -0.3 is 4.74 Å². The average molecular weight is 228 g/mol. The number of methoxy groups -OCH3 is 1. The molecule has 0 aliphatic carbocycles. The van der Waals surface area contributed by atoms with Crippen LogP contribution in [0.5, 0.6) is 5.75 Å². The molecule has 13 heavy (non-hydrogen) atoms. The van der Waals surface area contributed by atoms with E-state index in [4.69, 9.17) is 27.9 Å². The highest BCUT2D eigenvalue weighted by Crippen LogP contribution is 2.33. The lowest BCUT2D eigenvalue weighted by Gasteiger charge is -2.06. The largest absolute Gasteiger partial charge is 0.495 e. The van der Waals surface area contributed by atoms with Crippen molar-refractivity contribution in [1.82, 2.24) is 4.98 Å². The van der Waals surface area contributed by atoms with Gasteiger partial charge in [-0.15, -0.1) is 0 Å². The zero-order valence-corrected chi connectivity index (χ0v) is 8.03. The highest BCUT2D eigenvalue weighted by molar-refractivity contribution is 6.42. The number of hydrogen-bond donors (Lipinski definition) is 0. The van der Waals surface area contributed by atoms with E-state index in [9.17, 15) is 8.78 Å². The molecule has 1 aromatic heterocycles. The Balaban J connectivity index is 3.22. The zero-order chi connectivity index (χ0) is 10.0. The van der Waals surface area contributed by atoms with Crippen molar-refractivity contribution in [2.45, 2.75) is 6.43 Å². The predicted molar refractivity (Wildman–Crippen MR) is 45.8 cm³/mol. The zero-order valence-electron chi connectivity index (χ0n) is 6.52. The van der Waals surface area contributed by atoms with E-state index in [-0.39, 0.29) is 15.9 Å². The van der Waals surface area contributed by atoms with Crippen LogP contribution in [0.2, 0.25) is 10.2 Å². The maximum Gasteiger partial charge on any atom is 0.280 e. The van der Waals surface area contributed by atoms with Crippen molar-refractivity contribution in [2.75, 3.05) is 7.11 Å². The lowest BCUT2D eigenvalue weighted by atomic mass is 10.3. The van der Waals surface area contributed by atoms with Crippen LogP contribution in [0.25, 0.3) is 0 Å². The summed E-state index contributed by atoms with van der Waals surface area (Å²) in [7, 11) is 1.31. The van der Waals surface area contributed by atoms with E-state index >= 15 is 0 Å². The molecule has 0 aliphatic heterocycles. The van der Waals surface area contributed by atoms with Gasteiger partial charge in [-0.05, 0) is 0 Å². The van der Waals surface area contributed by atoms with E-state index < -0.39 is 12.1 Å². The molecule has 0 aromatic carbocycles. The number of hydrogen-bond acceptors (Lipinski definition) is 2. The summed E-state index contributed by atoms with van der Waals surface area (Å²) >= 11 is 11.1. The van der Waals surface area contributed by atoms with Gasteiger partial charge in [0, 0.05) is 6.07 Å². The molecule has 0 fully saturated rings. The van der Waals surface area contributed by atoms with Crippen LogP contribution in [0.15, 0.2) is 6.07 Å². The van der Waals surface area contributed by atoms with Crippen LogP contribution in [0.4, 0.5) is 8.78 Å². The summed E-state index contributed by atoms with van der Waals surface area (Å²) in [6.07, 6.45) is -2.69. The molecule has 0 aliphatic rings. The Morgan fingerprint density at radius 2 is 2.08 bits per heavy atom. The molecular formula is C7H5Cl2F2NO. The Kier molecular flexibility index (Phi) is 3.27. The molecule has 1 aromatic rings. The van der Waals surface area contributed by atoms with Gasteiger partial charge in [-0.25, -0.2) is 13.8 Å². The highest BCUT2D eigenvalue weighted by atomic mass is 35.5. The van der Waals surface area contributed by atoms with Gasteiger partial charge in [-0.1, -0.05) is 23.2 Å². The first kappa shape index (κ1) is 10.5. The molecule has 0 spiro atoms. The van der Waals surface area contributed by atoms with Crippen LogP contribution in [0.3, 0.4) is 0 Å². The second kappa shape index (κ2) is 4.07. The minimum Gasteiger partial charge on any atom is -0.495 e. The lowest BCUT2D eigenvalue weighted by molar-refractivity contribution is 0.145. The van der Waals surface area contributed by atoms with Crippen LogP contribution in [0, 0.1) is 0 Å². The summed E-state index contributed by atoms with van der Waals surface area (Å²) in [5, 5.41) is -0.148. The van der Waals surface area contributed by atoms with Gasteiger partial charge in [0.1, 0.15) is 16.5 Å². The van der Waals surface area contributed by atoms with Crippen molar-refractivity contribution < 1.29 is 13.5 Å². The van der Waals surface area contributed by atoms with Crippen molar-refractivity contribution in [3.63, 3.8) is 0 Å². The van der Waals surface area contributed by atoms with Crippen LogP contribution in [-0.4, -0.2) is 12.1 Å². The van der Waals surface area contributed by atoms with E-state index in [0.29, 0.717) is 0 Å². The van der Waals surface area contributed by atoms with Gasteiger partial charge in [0.15, 0.2) is 5.15 Å². The number of ether oxygens (including phenoxy) is 1. The van der Waals surface area contributed by atoms with Crippen molar-refractivity contribution in [3.05, 3.63) is 21.9 Å². The Morgan fingerprint density at radius 1 is 1.46 bits per heavy atom. The quantitative estimate of drug-likeness (QED) is 0.724. The first-order valence-electron chi connectivity index (χ1n) is 3.24. The Morgan fingerprint density at radius 3 is 2.54 bits per heavy atom. The van der Waals surface area contributed by atoms with Crippen molar-refractivity contribution in [2.24, 2.45) is 0 Å². The molecule has 2 nitrogen and oxygen atoms in total. The average Bonchev–Trinajstić information content (AvgIpc) is 2.09. The molecule has 0 amide bonds. The smallest absolute Gasteiger partial charge is 0.280 e. The van der Waals surface area contributed by atoms with Crippen LogP contribution in [0.1, 0.15) is 12.1 Å². The lowest BCUT2D eigenvalue weighted by Crippen LogP contribution is -1.94. The molecule has 0 radical (unpaired) electrons. The van der Waals surface area contributed by atoms with Crippen molar-refractivity contribution >= 4 is 23.2 Å². The normalized spacial score (nSPS) is 10.6. The third-order valence-electron chi connectivity index (χ3n) is 1.35. The van der Waals surface area contributed by atoms with Crippen LogP contribution >= 0.6 is 23.2 Å². The first-order chi connectivity index (χ1) is 6.06. The molecule has 6 heteroatoms. The minimum atomic E-state index is -2.69. The fourth-order valence-electron chi connectivity index (χ4n) is 0.754. The monoisotopic (exact) mass is 227 g/mol. The van der Waals surface area contributed by atoms with Gasteiger partial charge in [-0.2, -0.15) is 0 Å². The van der Waals surface area contributed by atoms with E-state index in [1.807, 2.05) is 0 Å². The predicted octanol–water partition coefficient (Wildman–Crippen LogP) is 3.33. The van der Waals surface area contributed by atoms with Gasteiger partial charge in [-0.3, -0.25) is 0 Å². The summed E-state index contributed by atoms with van der Waals surface area (Å²) in [4.78, 5) is 3.38. The van der Waals surface area contributed by atoms with E-state index in [2.05, 4.69) is 4.98 Å². The van der Waals surface area contributed by atoms with E-state index in [1.54, 1.807) is 0 Å². The van der Waals surface area contributed by atoms with Crippen molar-refractivity contribution in [3.8, 4) is 5.75 Å². The van der Waals surface area contributed by atoms with Crippen molar-refractivity contribution in [1.29, 1.82) is 0 Å².